The minimum atomic E-state index is -3.16. The van der Waals surface area contributed by atoms with Crippen LogP contribution in [0.15, 0.2) is 53.2 Å². The Balaban J connectivity index is 2.04. The van der Waals surface area contributed by atoms with E-state index in [0.717, 1.165) is 24.2 Å². The third-order valence-electron chi connectivity index (χ3n) is 2.86. The predicted octanol–water partition coefficient (Wildman–Crippen LogP) is 2.28. The Kier molecular flexibility index (Phi) is 4.27. The van der Waals surface area contributed by atoms with Crippen molar-refractivity contribution in [3.05, 3.63) is 48.3 Å². The van der Waals surface area contributed by atoms with Gasteiger partial charge >= 0.3 is 0 Å². The highest BCUT2D eigenvalue weighted by molar-refractivity contribution is 7.90. The molecule has 102 valence electrons. The molecule has 1 aromatic rings. The van der Waals surface area contributed by atoms with Gasteiger partial charge in [0, 0.05) is 17.6 Å². The number of sulfone groups is 1. The number of hydrogen-bond donors (Lipinski definition) is 2. The SMILES string of the molecule is CS(=O)(=O)c1cccc(NCC2=CCCC=CN2)c1. The van der Waals surface area contributed by atoms with E-state index in [1.165, 1.54) is 6.26 Å². The summed E-state index contributed by atoms with van der Waals surface area (Å²) in [4.78, 5) is 0.334. The summed E-state index contributed by atoms with van der Waals surface area (Å²) in [5.74, 6) is 0. The van der Waals surface area contributed by atoms with Gasteiger partial charge in [-0.2, -0.15) is 0 Å². The number of anilines is 1. The molecule has 0 aliphatic carbocycles. The topological polar surface area (TPSA) is 58.2 Å². The zero-order valence-electron chi connectivity index (χ0n) is 10.9. The Morgan fingerprint density at radius 1 is 1.32 bits per heavy atom. The van der Waals surface area contributed by atoms with Crippen LogP contribution in [0, 0.1) is 0 Å². The van der Waals surface area contributed by atoms with E-state index in [1.807, 2.05) is 12.3 Å². The molecule has 0 saturated heterocycles. The molecule has 4 nitrogen and oxygen atoms in total. The van der Waals surface area contributed by atoms with Gasteiger partial charge in [0.1, 0.15) is 0 Å². The van der Waals surface area contributed by atoms with Crippen molar-refractivity contribution in [1.82, 2.24) is 5.32 Å². The maximum atomic E-state index is 11.5. The van der Waals surface area contributed by atoms with E-state index >= 15 is 0 Å². The van der Waals surface area contributed by atoms with Crippen LogP contribution in [0.4, 0.5) is 5.69 Å². The molecular formula is C14H18N2O2S. The highest BCUT2D eigenvalue weighted by Gasteiger charge is 2.07. The molecular weight excluding hydrogens is 260 g/mol. The van der Waals surface area contributed by atoms with E-state index in [-0.39, 0.29) is 0 Å². The average molecular weight is 278 g/mol. The van der Waals surface area contributed by atoms with Crippen molar-refractivity contribution in [3.63, 3.8) is 0 Å². The molecule has 19 heavy (non-hydrogen) atoms. The van der Waals surface area contributed by atoms with Gasteiger partial charge in [-0.15, -0.1) is 0 Å². The van der Waals surface area contributed by atoms with Crippen molar-refractivity contribution in [2.75, 3.05) is 18.1 Å². The molecule has 1 aliphatic rings. The fraction of sp³-hybridized carbons (Fsp3) is 0.286. The molecule has 0 bridgehead atoms. The average Bonchev–Trinajstić information content (AvgIpc) is 2.64. The lowest BCUT2D eigenvalue weighted by atomic mass is 10.2. The maximum absolute atomic E-state index is 11.5. The first kappa shape index (κ1) is 13.7. The third kappa shape index (κ3) is 4.13. The minimum absolute atomic E-state index is 0.334. The first-order valence-corrected chi connectivity index (χ1v) is 8.09. The van der Waals surface area contributed by atoms with Crippen LogP contribution in [0.2, 0.25) is 0 Å². The summed E-state index contributed by atoms with van der Waals surface area (Å²) in [5, 5.41) is 6.42. The quantitative estimate of drug-likeness (QED) is 0.887. The summed E-state index contributed by atoms with van der Waals surface area (Å²) in [6, 6.07) is 6.87. The number of benzene rings is 1. The second kappa shape index (κ2) is 5.93. The first-order valence-electron chi connectivity index (χ1n) is 6.20. The van der Waals surface area contributed by atoms with Gasteiger partial charge in [0.15, 0.2) is 9.84 Å². The van der Waals surface area contributed by atoms with Gasteiger partial charge in [0.25, 0.3) is 0 Å². The van der Waals surface area contributed by atoms with Gasteiger partial charge in [-0.25, -0.2) is 8.42 Å². The highest BCUT2D eigenvalue weighted by atomic mass is 32.2. The summed E-state index contributed by atoms with van der Waals surface area (Å²) in [7, 11) is -3.16. The van der Waals surface area contributed by atoms with Gasteiger partial charge < -0.3 is 10.6 Å². The van der Waals surface area contributed by atoms with Crippen LogP contribution in [0.25, 0.3) is 0 Å². The molecule has 0 atom stereocenters. The molecule has 0 spiro atoms. The van der Waals surface area contributed by atoms with Gasteiger partial charge in [-0.1, -0.05) is 18.2 Å². The Morgan fingerprint density at radius 2 is 2.16 bits per heavy atom. The summed E-state index contributed by atoms with van der Waals surface area (Å²) in [6.45, 7) is 0.650. The van der Waals surface area contributed by atoms with Crippen LogP contribution in [0.5, 0.6) is 0 Å². The smallest absolute Gasteiger partial charge is 0.175 e. The van der Waals surface area contributed by atoms with E-state index in [2.05, 4.69) is 22.8 Å². The molecule has 0 radical (unpaired) electrons. The normalized spacial score (nSPS) is 15.3. The molecule has 1 aromatic carbocycles. The van der Waals surface area contributed by atoms with E-state index in [9.17, 15) is 8.42 Å². The van der Waals surface area contributed by atoms with Crippen molar-refractivity contribution < 1.29 is 8.42 Å². The Labute approximate surface area is 114 Å². The Hall–Kier alpha value is -1.75. The summed E-state index contributed by atoms with van der Waals surface area (Å²) in [5.41, 5.74) is 1.90. The van der Waals surface area contributed by atoms with Crippen LogP contribution < -0.4 is 10.6 Å². The number of allylic oxidation sites excluding steroid dienone is 2. The fourth-order valence-electron chi connectivity index (χ4n) is 1.82. The van der Waals surface area contributed by atoms with Gasteiger partial charge in [0.05, 0.1) is 11.4 Å². The van der Waals surface area contributed by atoms with Gasteiger partial charge in [0.2, 0.25) is 0 Å². The summed E-state index contributed by atoms with van der Waals surface area (Å²) in [6.07, 6.45) is 9.45. The number of hydrogen-bond acceptors (Lipinski definition) is 4. The van der Waals surface area contributed by atoms with Gasteiger partial charge in [-0.05, 0) is 37.2 Å². The van der Waals surface area contributed by atoms with E-state index in [0.29, 0.717) is 11.4 Å². The number of rotatable bonds is 4. The molecule has 2 rings (SSSR count). The Morgan fingerprint density at radius 3 is 2.95 bits per heavy atom. The second-order valence-electron chi connectivity index (χ2n) is 4.51. The lowest BCUT2D eigenvalue weighted by Crippen LogP contribution is -2.14. The van der Waals surface area contributed by atoms with Crippen LogP contribution in [-0.4, -0.2) is 21.2 Å². The Bertz CT molecular complexity index is 604. The molecule has 5 heteroatoms. The zero-order valence-corrected chi connectivity index (χ0v) is 11.7. The number of nitrogens with one attached hydrogen (secondary N) is 2. The fourth-order valence-corrected chi connectivity index (χ4v) is 2.49. The minimum Gasteiger partial charge on any atom is -0.379 e. The molecule has 0 unspecified atom stereocenters. The monoisotopic (exact) mass is 278 g/mol. The van der Waals surface area contributed by atoms with Crippen LogP contribution >= 0.6 is 0 Å². The highest BCUT2D eigenvalue weighted by Crippen LogP contribution is 2.15. The summed E-state index contributed by atoms with van der Waals surface area (Å²) >= 11 is 0. The van der Waals surface area contributed by atoms with Crippen molar-refractivity contribution in [3.8, 4) is 0 Å². The van der Waals surface area contributed by atoms with Crippen molar-refractivity contribution in [1.29, 1.82) is 0 Å². The van der Waals surface area contributed by atoms with Gasteiger partial charge in [-0.3, -0.25) is 0 Å². The predicted molar refractivity (Wildman–Crippen MR) is 77.6 cm³/mol. The van der Waals surface area contributed by atoms with Crippen LogP contribution in [0.1, 0.15) is 12.8 Å². The van der Waals surface area contributed by atoms with Crippen LogP contribution in [0.3, 0.4) is 0 Å². The first-order chi connectivity index (χ1) is 9.05. The molecule has 1 heterocycles. The largest absolute Gasteiger partial charge is 0.379 e. The summed E-state index contributed by atoms with van der Waals surface area (Å²) < 4.78 is 23.0. The molecule has 0 amide bonds. The third-order valence-corrected chi connectivity index (χ3v) is 3.97. The van der Waals surface area contributed by atoms with E-state index < -0.39 is 9.84 Å². The zero-order chi connectivity index (χ0) is 13.7. The van der Waals surface area contributed by atoms with Crippen molar-refractivity contribution >= 4 is 15.5 Å². The molecule has 0 saturated carbocycles. The molecule has 0 fully saturated rings. The standard InChI is InChI=1S/C14H18N2O2S/c1-19(17,18)14-8-5-7-12(10-14)16-11-13-6-3-2-4-9-15-13/h4-10,15-16H,2-3,11H2,1H3. The second-order valence-corrected chi connectivity index (χ2v) is 6.52. The van der Waals surface area contributed by atoms with Crippen molar-refractivity contribution in [2.45, 2.75) is 17.7 Å². The maximum Gasteiger partial charge on any atom is 0.175 e. The van der Waals surface area contributed by atoms with E-state index in [1.54, 1.807) is 18.2 Å². The molecule has 1 aliphatic heterocycles. The molecule has 2 N–H and O–H groups in total. The van der Waals surface area contributed by atoms with Crippen molar-refractivity contribution in [2.24, 2.45) is 0 Å². The lowest BCUT2D eigenvalue weighted by Gasteiger charge is -2.10. The van der Waals surface area contributed by atoms with E-state index in [4.69, 9.17) is 0 Å². The lowest BCUT2D eigenvalue weighted by molar-refractivity contribution is 0.602. The molecule has 0 aromatic heterocycles. The van der Waals surface area contributed by atoms with Crippen LogP contribution in [-0.2, 0) is 9.84 Å².